The molecule has 0 bridgehead atoms. The zero-order valence-electron chi connectivity index (χ0n) is 18.0. The van der Waals surface area contributed by atoms with Crippen LogP contribution in [-0.2, 0) is 17.6 Å². The van der Waals surface area contributed by atoms with E-state index in [1.165, 1.54) is 29.5 Å². The van der Waals surface area contributed by atoms with Crippen molar-refractivity contribution in [2.24, 2.45) is 0 Å². The van der Waals surface area contributed by atoms with Crippen LogP contribution in [0.2, 0.25) is 0 Å². The highest BCUT2D eigenvalue weighted by Crippen LogP contribution is 2.31. The number of aryl methyl sites for hydroxylation is 2. The fourth-order valence-electron chi connectivity index (χ4n) is 4.33. The fraction of sp³-hybridized carbons (Fsp3) is 0.480. The van der Waals surface area contributed by atoms with E-state index >= 15 is 0 Å². The number of hydrogen-bond acceptors (Lipinski definition) is 3. The van der Waals surface area contributed by atoms with Crippen LogP contribution in [0.4, 0.5) is 5.69 Å². The number of methoxy groups -OCH3 is 1. The van der Waals surface area contributed by atoms with E-state index in [0.29, 0.717) is 6.54 Å². The van der Waals surface area contributed by atoms with Crippen LogP contribution >= 0.6 is 0 Å². The molecule has 1 fully saturated rings. The molecule has 0 aromatic heterocycles. The van der Waals surface area contributed by atoms with Crippen molar-refractivity contribution < 1.29 is 9.53 Å². The molecule has 0 spiro atoms. The quantitative estimate of drug-likeness (QED) is 0.686. The summed E-state index contributed by atoms with van der Waals surface area (Å²) in [7, 11) is 1.69. The Kier molecular flexibility index (Phi) is 7.70. The Bertz CT molecular complexity index is 779. The smallest absolute Gasteiger partial charge is 0.238 e. The summed E-state index contributed by atoms with van der Waals surface area (Å²) in [4.78, 5) is 15.4. The molecule has 1 heterocycles. The lowest BCUT2D eigenvalue weighted by atomic mass is 10.0. The number of benzene rings is 2. The minimum Gasteiger partial charge on any atom is -0.497 e. The maximum Gasteiger partial charge on any atom is 0.238 e. The Morgan fingerprint density at radius 1 is 1.03 bits per heavy atom. The summed E-state index contributed by atoms with van der Waals surface area (Å²) in [6.07, 6.45) is 6.50. The van der Waals surface area contributed by atoms with Crippen LogP contribution in [0.15, 0.2) is 42.5 Å². The number of carbonyl (C=O) groups is 1. The van der Waals surface area contributed by atoms with Gasteiger partial charge in [-0.15, -0.1) is 0 Å². The molecule has 2 aromatic carbocycles. The van der Waals surface area contributed by atoms with Gasteiger partial charge in [-0.1, -0.05) is 57.0 Å². The number of nitrogens with zero attached hydrogens (tertiary/aromatic N) is 1. The van der Waals surface area contributed by atoms with E-state index in [1.54, 1.807) is 7.11 Å². The third-order valence-corrected chi connectivity index (χ3v) is 5.97. The fourth-order valence-corrected chi connectivity index (χ4v) is 4.33. The predicted octanol–water partition coefficient (Wildman–Crippen LogP) is 5.38. The maximum atomic E-state index is 13.0. The Balaban J connectivity index is 1.76. The summed E-state index contributed by atoms with van der Waals surface area (Å²) in [5, 5.41) is 3.24. The Hall–Kier alpha value is -2.33. The van der Waals surface area contributed by atoms with E-state index < -0.39 is 0 Å². The van der Waals surface area contributed by atoms with Gasteiger partial charge in [-0.3, -0.25) is 9.69 Å². The first kappa shape index (κ1) is 21.4. The van der Waals surface area contributed by atoms with Crippen LogP contribution in [0, 0.1) is 0 Å². The second kappa shape index (κ2) is 10.4. The number of rotatable bonds is 7. The lowest BCUT2D eigenvalue weighted by Gasteiger charge is -2.30. The third-order valence-electron chi connectivity index (χ3n) is 5.97. The van der Waals surface area contributed by atoms with Crippen molar-refractivity contribution in [3.63, 3.8) is 0 Å². The van der Waals surface area contributed by atoms with E-state index in [1.807, 2.05) is 12.1 Å². The van der Waals surface area contributed by atoms with E-state index in [0.717, 1.165) is 43.7 Å². The number of hydrogen-bond donors (Lipinski definition) is 1. The van der Waals surface area contributed by atoms with Gasteiger partial charge in [0.25, 0.3) is 0 Å². The van der Waals surface area contributed by atoms with Gasteiger partial charge in [0.05, 0.1) is 13.7 Å². The summed E-state index contributed by atoms with van der Waals surface area (Å²) < 4.78 is 5.30. The average molecular weight is 395 g/mol. The van der Waals surface area contributed by atoms with Gasteiger partial charge in [-0.05, 0) is 61.1 Å². The average Bonchev–Trinajstić information content (AvgIpc) is 2.99. The number of nitrogens with one attached hydrogen (secondary N) is 1. The summed E-state index contributed by atoms with van der Waals surface area (Å²) in [5.74, 6) is 0.955. The molecule has 0 radical (unpaired) electrons. The molecule has 1 N–H and O–H groups in total. The molecular formula is C25H34N2O2. The normalized spacial score (nSPS) is 17.6. The van der Waals surface area contributed by atoms with Gasteiger partial charge in [0.1, 0.15) is 5.75 Å². The molecule has 3 rings (SSSR count). The molecule has 0 saturated carbocycles. The highest BCUT2D eigenvalue weighted by atomic mass is 16.5. The highest BCUT2D eigenvalue weighted by Gasteiger charge is 2.25. The number of anilines is 1. The van der Waals surface area contributed by atoms with E-state index in [4.69, 9.17) is 4.74 Å². The van der Waals surface area contributed by atoms with Gasteiger partial charge in [-0.2, -0.15) is 0 Å². The maximum absolute atomic E-state index is 13.0. The summed E-state index contributed by atoms with van der Waals surface area (Å²) in [6.45, 7) is 5.66. The number of amides is 1. The van der Waals surface area contributed by atoms with Crippen molar-refractivity contribution in [2.75, 3.05) is 25.5 Å². The van der Waals surface area contributed by atoms with Crippen LogP contribution in [0.5, 0.6) is 5.75 Å². The molecule has 0 aliphatic carbocycles. The van der Waals surface area contributed by atoms with Crippen LogP contribution in [0.25, 0.3) is 0 Å². The van der Waals surface area contributed by atoms with Crippen LogP contribution < -0.4 is 10.1 Å². The second-order valence-electron chi connectivity index (χ2n) is 7.82. The van der Waals surface area contributed by atoms with Crippen molar-refractivity contribution >= 4 is 11.6 Å². The first-order valence-electron chi connectivity index (χ1n) is 10.9. The first-order valence-corrected chi connectivity index (χ1v) is 10.9. The van der Waals surface area contributed by atoms with Crippen LogP contribution in [0.3, 0.4) is 0 Å². The molecule has 1 aliphatic rings. The topological polar surface area (TPSA) is 41.6 Å². The zero-order chi connectivity index (χ0) is 20.6. The monoisotopic (exact) mass is 394 g/mol. The molecule has 4 nitrogen and oxygen atoms in total. The standard InChI is InChI=1S/C25H34N2O2/c1-4-19-10-9-11-20(5-2)25(19)26-24(28)18-27-17-8-6-7-12-23(27)21-13-15-22(29-3)16-14-21/h9-11,13-16,23H,4-8,12,17-18H2,1-3H3,(H,26,28)/t23-/m1/s1. The summed E-state index contributed by atoms with van der Waals surface area (Å²) in [5.41, 5.74) is 4.70. The molecule has 1 amide bonds. The molecule has 156 valence electrons. The molecule has 4 heteroatoms. The minimum absolute atomic E-state index is 0.0843. The Labute approximate surface area is 175 Å². The lowest BCUT2D eigenvalue weighted by Crippen LogP contribution is -2.36. The van der Waals surface area contributed by atoms with Crippen molar-refractivity contribution in [3.05, 3.63) is 59.2 Å². The molecule has 2 aromatic rings. The molecule has 1 aliphatic heterocycles. The first-order chi connectivity index (χ1) is 14.2. The number of ether oxygens (including phenoxy) is 1. The van der Waals surface area contributed by atoms with Crippen molar-refractivity contribution in [3.8, 4) is 5.75 Å². The molecule has 29 heavy (non-hydrogen) atoms. The SMILES string of the molecule is CCc1cccc(CC)c1NC(=O)CN1CCCCC[C@@H]1c1ccc(OC)cc1. The van der Waals surface area contributed by atoms with Gasteiger partial charge < -0.3 is 10.1 Å². The zero-order valence-corrected chi connectivity index (χ0v) is 18.0. The van der Waals surface area contributed by atoms with Gasteiger partial charge in [0, 0.05) is 11.7 Å². The van der Waals surface area contributed by atoms with Crippen LogP contribution in [0.1, 0.15) is 62.3 Å². The van der Waals surface area contributed by atoms with E-state index in [9.17, 15) is 4.79 Å². The van der Waals surface area contributed by atoms with Crippen molar-refractivity contribution in [1.29, 1.82) is 0 Å². The molecule has 1 atom stereocenters. The van der Waals surface area contributed by atoms with E-state index in [2.05, 4.69) is 54.4 Å². The van der Waals surface area contributed by atoms with E-state index in [-0.39, 0.29) is 11.9 Å². The van der Waals surface area contributed by atoms with Crippen molar-refractivity contribution in [2.45, 2.75) is 58.4 Å². The molecule has 1 saturated heterocycles. The Morgan fingerprint density at radius 3 is 2.34 bits per heavy atom. The van der Waals surface area contributed by atoms with Gasteiger partial charge in [0.2, 0.25) is 5.91 Å². The number of likely N-dealkylation sites (tertiary alicyclic amines) is 1. The van der Waals surface area contributed by atoms with Crippen molar-refractivity contribution in [1.82, 2.24) is 4.90 Å². The lowest BCUT2D eigenvalue weighted by molar-refractivity contribution is -0.117. The van der Waals surface area contributed by atoms with Gasteiger partial charge in [-0.25, -0.2) is 0 Å². The van der Waals surface area contributed by atoms with Gasteiger partial charge in [0.15, 0.2) is 0 Å². The van der Waals surface area contributed by atoms with Crippen LogP contribution in [-0.4, -0.2) is 31.0 Å². The molecular weight excluding hydrogens is 360 g/mol. The number of para-hydroxylation sites is 1. The largest absolute Gasteiger partial charge is 0.497 e. The van der Waals surface area contributed by atoms with Gasteiger partial charge >= 0.3 is 0 Å². The minimum atomic E-state index is 0.0843. The second-order valence-corrected chi connectivity index (χ2v) is 7.82. The third kappa shape index (κ3) is 5.39. The number of carbonyl (C=O) groups excluding carboxylic acids is 1. The molecule has 0 unspecified atom stereocenters. The summed E-state index contributed by atoms with van der Waals surface area (Å²) >= 11 is 0. The summed E-state index contributed by atoms with van der Waals surface area (Å²) in [6, 6.07) is 14.9. The highest BCUT2D eigenvalue weighted by molar-refractivity contribution is 5.94. The predicted molar refractivity (Wildman–Crippen MR) is 120 cm³/mol. The Morgan fingerprint density at radius 2 is 1.72 bits per heavy atom.